The van der Waals surface area contributed by atoms with Gasteiger partial charge in [-0.25, -0.2) is 0 Å². The second-order valence-corrected chi connectivity index (χ2v) is 6.07. The van der Waals surface area contributed by atoms with Gasteiger partial charge < -0.3 is 10.1 Å². The molecule has 0 spiro atoms. The summed E-state index contributed by atoms with van der Waals surface area (Å²) < 4.78 is 28.5. The maximum atomic E-state index is 12.1. The summed E-state index contributed by atoms with van der Waals surface area (Å²) >= 11 is 0. The maximum Gasteiger partial charge on any atom is 0.387 e. The van der Waals surface area contributed by atoms with Gasteiger partial charge in [0.25, 0.3) is 0 Å². The average Bonchev–Trinajstić information content (AvgIpc) is 3.17. The van der Waals surface area contributed by atoms with Gasteiger partial charge in [-0.05, 0) is 48.8 Å². The van der Waals surface area contributed by atoms with Gasteiger partial charge in [0.15, 0.2) is 0 Å². The van der Waals surface area contributed by atoms with Crippen molar-refractivity contribution < 1.29 is 13.5 Å². The lowest BCUT2D eigenvalue weighted by Gasteiger charge is -2.23. The normalized spacial score (nSPS) is 18.4. The standard InChI is InChI=1S/C16H23F2NO/c1-11(2)16(8-9-16)10-19-12(3)13-4-6-14(7-5-13)20-15(17)18/h4-7,11-12,15,19H,8-10H2,1-3H3. The summed E-state index contributed by atoms with van der Waals surface area (Å²) in [6.45, 7) is 4.89. The number of halogens is 2. The summed E-state index contributed by atoms with van der Waals surface area (Å²) in [7, 11) is 0. The second kappa shape index (κ2) is 6.08. The summed E-state index contributed by atoms with van der Waals surface area (Å²) in [4.78, 5) is 0. The molecule has 0 bridgehead atoms. The van der Waals surface area contributed by atoms with Crippen molar-refractivity contribution >= 4 is 0 Å². The Balaban J connectivity index is 1.88. The van der Waals surface area contributed by atoms with Crippen LogP contribution in [0.3, 0.4) is 0 Å². The van der Waals surface area contributed by atoms with E-state index in [4.69, 9.17) is 0 Å². The molecule has 2 rings (SSSR count). The van der Waals surface area contributed by atoms with E-state index in [0.29, 0.717) is 11.3 Å². The van der Waals surface area contributed by atoms with Crippen molar-refractivity contribution in [2.24, 2.45) is 11.3 Å². The molecule has 4 heteroatoms. The Morgan fingerprint density at radius 1 is 1.15 bits per heavy atom. The highest BCUT2D eigenvalue weighted by Crippen LogP contribution is 2.51. The van der Waals surface area contributed by atoms with Crippen LogP contribution in [0.4, 0.5) is 8.78 Å². The third-order valence-corrected chi connectivity index (χ3v) is 4.48. The van der Waals surface area contributed by atoms with Gasteiger partial charge >= 0.3 is 6.61 Å². The molecule has 20 heavy (non-hydrogen) atoms. The molecule has 0 saturated heterocycles. The first-order chi connectivity index (χ1) is 9.43. The summed E-state index contributed by atoms with van der Waals surface area (Å²) in [6, 6.07) is 7.07. The molecule has 0 heterocycles. The Labute approximate surface area is 119 Å². The highest BCUT2D eigenvalue weighted by Gasteiger charge is 2.44. The van der Waals surface area contributed by atoms with Crippen molar-refractivity contribution in [2.45, 2.75) is 46.3 Å². The zero-order chi connectivity index (χ0) is 14.8. The van der Waals surface area contributed by atoms with Crippen molar-refractivity contribution in [2.75, 3.05) is 6.54 Å². The number of benzene rings is 1. The van der Waals surface area contributed by atoms with Crippen molar-refractivity contribution in [3.63, 3.8) is 0 Å². The molecule has 1 fully saturated rings. The minimum absolute atomic E-state index is 0.205. The van der Waals surface area contributed by atoms with E-state index in [1.54, 1.807) is 12.1 Å². The monoisotopic (exact) mass is 283 g/mol. The molecule has 1 unspecified atom stereocenters. The van der Waals surface area contributed by atoms with Gasteiger partial charge in [-0.1, -0.05) is 26.0 Å². The molecular formula is C16H23F2NO. The molecule has 1 aliphatic carbocycles. The lowest BCUT2D eigenvalue weighted by molar-refractivity contribution is -0.0498. The number of hydrogen-bond acceptors (Lipinski definition) is 2. The molecule has 0 amide bonds. The van der Waals surface area contributed by atoms with Gasteiger partial charge in [-0.15, -0.1) is 0 Å². The molecule has 0 radical (unpaired) electrons. The molecule has 2 nitrogen and oxygen atoms in total. The smallest absolute Gasteiger partial charge is 0.387 e. The van der Waals surface area contributed by atoms with Crippen molar-refractivity contribution in [3.05, 3.63) is 29.8 Å². The van der Waals surface area contributed by atoms with Gasteiger partial charge in [0, 0.05) is 12.6 Å². The molecular weight excluding hydrogens is 260 g/mol. The molecule has 0 aliphatic heterocycles. The van der Waals surface area contributed by atoms with Crippen molar-refractivity contribution in [3.8, 4) is 5.75 Å². The zero-order valence-corrected chi connectivity index (χ0v) is 12.3. The Kier molecular flexibility index (Phi) is 4.63. The van der Waals surface area contributed by atoms with E-state index in [1.165, 1.54) is 12.8 Å². The Morgan fingerprint density at radius 3 is 2.20 bits per heavy atom. The fourth-order valence-corrected chi connectivity index (χ4v) is 2.53. The Bertz CT molecular complexity index is 427. The van der Waals surface area contributed by atoms with E-state index in [2.05, 4.69) is 30.8 Å². The molecule has 1 aromatic carbocycles. The SMILES string of the molecule is CC(NCC1(C(C)C)CC1)c1ccc(OC(F)F)cc1. The molecule has 0 aromatic heterocycles. The number of ether oxygens (including phenoxy) is 1. The number of hydrogen-bond donors (Lipinski definition) is 1. The summed E-state index contributed by atoms with van der Waals surface area (Å²) in [5.41, 5.74) is 1.55. The van der Waals surface area contributed by atoms with Gasteiger partial charge in [0.2, 0.25) is 0 Å². The second-order valence-electron chi connectivity index (χ2n) is 6.07. The van der Waals surface area contributed by atoms with Crippen LogP contribution >= 0.6 is 0 Å². The zero-order valence-electron chi connectivity index (χ0n) is 12.3. The number of rotatable bonds is 7. The predicted molar refractivity (Wildman–Crippen MR) is 76.0 cm³/mol. The number of alkyl halides is 2. The first-order valence-electron chi connectivity index (χ1n) is 7.21. The lowest BCUT2D eigenvalue weighted by atomic mass is 9.92. The van der Waals surface area contributed by atoms with E-state index in [9.17, 15) is 8.78 Å². The first kappa shape index (κ1) is 15.2. The summed E-state index contributed by atoms with van der Waals surface area (Å²) in [5.74, 6) is 0.904. The molecule has 1 N–H and O–H groups in total. The number of nitrogens with one attached hydrogen (secondary N) is 1. The first-order valence-corrected chi connectivity index (χ1v) is 7.21. The van der Waals surface area contributed by atoms with Crippen LogP contribution in [-0.4, -0.2) is 13.2 Å². The highest BCUT2D eigenvalue weighted by molar-refractivity contribution is 5.29. The Morgan fingerprint density at radius 2 is 1.75 bits per heavy atom. The minimum atomic E-state index is -2.77. The molecule has 1 saturated carbocycles. The van der Waals surface area contributed by atoms with Gasteiger partial charge in [-0.3, -0.25) is 0 Å². The van der Waals surface area contributed by atoms with Crippen molar-refractivity contribution in [1.29, 1.82) is 0 Å². The lowest BCUT2D eigenvalue weighted by Crippen LogP contribution is -2.29. The van der Waals surface area contributed by atoms with Crippen LogP contribution in [0.5, 0.6) is 5.75 Å². The van der Waals surface area contributed by atoms with Crippen LogP contribution in [0.2, 0.25) is 0 Å². The van der Waals surface area contributed by atoms with Gasteiger partial charge in [-0.2, -0.15) is 8.78 Å². The topological polar surface area (TPSA) is 21.3 Å². The molecule has 1 aromatic rings. The van der Waals surface area contributed by atoms with Crippen LogP contribution in [0.25, 0.3) is 0 Å². The summed E-state index contributed by atoms with van der Waals surface area (Å²) in [5, 5.41) is 3.55. The van der Waals surface area contributed by atoms with Gasteiger partial charge in [0.1, 0.15) is 5.75 Å². The van der Waals surface area contributed by atoms with E-state index in [0.717, 1.165) is 12.1 Å². The fourth-order valence-electron chi connectivity index (χ4n) is 2.53. The largest absolute Gasteiger partial charge is 0.435 e. The fraction of sp³-hybridized carbons (Fsp3) is 0.625. The molecule has 112 valence electrons. The quantitative estimate of drug-likeness (QED) is 0.802. The maximum absolute atomic E-state index is 12.1. The molecule has 1 aliphatic rings. The third-order valence-electron chi connectivity index (χ3n) is 4.48. The summed E-state index contributed by atoms with van der Waals surface area (Å²) in [6.07, 6.45) is 2.59. The minimum Gasteiger partial charge on any atom is -0.435 e. The molecule has 1 atom stereocenters. The van der Waals surface area contributed by atoms with Crippen LogP contribution < -0.4 is 10.1 Å². The average molecular weight is 283 g/mol. The van der Waals surface area contributed by atoms with Crippen LogP contribution in [-0.2, 0) is 0 Å². The van der Waals surface area contributed by atoms with Gasteiger partial charge in [0.05, 0.1) is 0 Å². The predicted octanol–water partition coefficient (Wildman–Crippen LogP) is 4.37. The van der Waals surface area contributed by atoms with Crippen LogP contribution in [0.1, 0.15) is 45.2 Å². The third kappa shape index (κ3) is 3.69. The van der Waals surface area contributed by atoms with E-state index < -0.39 is 6.61 Å². The highest BCUT2D eigenvalue weighted by atomic mass is 19.3. The van der Waals surface area contributed by atoms with Crippen molar-refractivity contribution in [1.82, 2.24) is 5.32 Å². The van der Waals surface area contributed by atoms with E-state index in [-0.39, 0.29) is 11.8 Å². The van der Waals surface area contributed by atoms with E-state index in [1.807, 2.05) is 12.1 Å². The van der Waals surface area contributed by atoms with Crippen LogP contribution in [0.15, 0.2) is 24.3 Å². The Hall–Kier alpha value is -1.16. The van der Waals surface area contributed by atoms with Crippen LogP contribution in [0, 0.1) is 11.3 Å². The van der Waals surface area contributed by atoms with E-state index >= 15 is 0 Å².